The number of nitrogens with zero attached hydrogens (tertiary/aromatic N) is 1. The Morgan fingerprint density at radius 1 is 0.970 bits per heavy atom. The molecule has 0 bridgehead atoms. The fourth-order valence-corrected chi connectivity index (χ4v) is 4.43. The van der Waals surface area contributed by atoms with Crippen LogP contribution in [-0.4, -0.2) is 31.6 Å². The molecule has 6 nitrogen and oxygen atoms in total. The van der Waals surface area contributed by atoms with E-state index in [4.69, 9.17) is 8.92 Å². The molecule has 0 aliphatic heterocycles. The molecule has 0 radical (unpaired) electrons. The first-order valence-corrected chi connectivity index (χ1v) is 12.5. The molecule has 0 unspecified atom stereocenters. The predicted octanol–water partition coefficient (Wildman–Crippen LogP) is 5.62. The van der Waals surface area contributed by atoms with Crippen molar-refractivity contribution in [2.45, 2.75) is 63.9 Å². The van der Waals surface area contributed by atoms with Crippen LogP contribution in [0.4, 0.5) is 0 Å². The number of aromatic nitrogens is 1. The van der Waals surface area contributed by atoms with Crippen LogP contribution in [0.15, 0.2) is 59.6 Å². The van der Waals surface area contributed by atoms with Gasteiger partial charge in [0, 0.05) is 11.6 Å². The van der Waals surface area contributed by atoms with Crippen LogP contribution in [0.1, 0.15) is 61.5 Å². The Hall–Kier alpha value is -2.77. The molecule has 7 heteroatoms. The average molecular weight is 470 g/mol. The summed E-state index contributed by atoms with van der Waals surface area (Å²) in [5.74, 6) is -0.380. The van der Waals surface area contributed by atoms with Crippen molar-refractivity contribution < 1.29 is 22.1 Å². The zero-order chi connectivity index (χ0) is 24.1. The first-order chi connectivity index (χ1) is 15.6. The molecule has 0 saturated heterocycles. The Balaban J connectivity index is 1.60. The molecule has 3 rings (SSSR count). The van der Waals surface area contributed by atoms with Gasteiger partial charge < -0.3 is 4.74 Å². The highest BCUT2D eigenvalue weighted by molar-refractivity contribution is 7.86. The molecule has 0 atom stereocenters. The maximum atomic E-state index is 12.9. The highest BCUT2D eigenvalue weighted by Crippen LogP contribution is 2.25. The van der Waals surface area contributed by atoms with Gasteiger partial charge >= 0.3 is 5.97 Å². The van der Waals surface area contributed by atoms with Crippen molar-refractivity contribution in [2.24, 2.45) is 0 Å². The Bertz CT molecular complexity index is 1210. The highest BCUT2D eigenvalue weighted by Gasteiger charge is 2.23. The lowest BCUT2D eigenvalue weighted by Gasteiger charge is -2.21. The molecule has 0 amide bonds. The number of aryl methyl sites for hydroxylation is 2. The lowest BCUT2D eigenvalue weighted by atomic mass is 9.98. The molecule has 1 aromatic heterocycles. The van der Waals surface area contributed by atoms with E-state index in [0.717, 1.165) is 29.4 Å². The van der Waals surface area contributed by atoms with Gasteiger partial charge in [-0.15, -0.1) is 0 Å². The second-order valence-electron chi connectivity index (χ2n) is 9.08. The van der Waals surface area contributed by atoms with Crippen LogP contribution in [-0.2, 0) is 25.5 Å². The standard InChI is InChI=1S/C26H31NO5S/c1-19-11-15-22(16-12-19)33(29,30)31-18-7-5-6-9-20-13-14-21-10-8-17-27-24(21)23(20)25(28)32-26(2,3)4/h8,10-17H,5-7,9,18H2,1-4H3. The number of hydrogen-bond donors (Lipinski definition) is 0. The Morgan fingerprint density at radius 3 is 2.39 bits per heavy atom. The summed E-state index contributed by atoms with van der Waals surface area (Å²) < 4.78 is 35.4. The normalized spacial score (nSPS) is 12.1. The van der Waals surface area contributed by atoms with E-state index in [2.05, 4.69) is 4.98 Å². The van der Waals surface area contributed by atoms with Crippen LogP contribution < -0.4 is 0 Å². The number of fused-ring (bicyclic) bond motifs is 1. The van der Waals surface area contributed by atoms with Gasteiger partial charge in [-0.25, -0.2) is 4.79 Å². The van der Waals surface area contributed by atoms with Crippen molar-refractivity contribution in [2.75, 3.05) is 6.61 Å². The molecule has 0 aliphatic carbocycles. The minimum atomic E-state index is -3.75. The molecular weight excluding hydrogens is 438 g/mol. The van der Waals surface area contributed by atoms with E-state index >= 15 is 0 Å². The van der Waals surface area contributed by atoms with Crippen LogP contribution in [0.5, 0.6) is 0 Å². The van der Waals surface area contributed by atoms with Gasteiger partial charge in [-0.1, -0.05) is 42.3 Å². The third kappa shape index (κ3) is 6.85. The minimum Gasteiger partial charge on any atom is -0.456 e. The molecular formula is C26H31NO5S. The van der Waals surface area contributed by atoms with E-state index in [1.165, 1.54) is 0 Å². The van der Waals surface area contributed by atoms with E-state index in [9.17, 15) is 13.2 Å². The van der Waals surface area contributed by atoms with Crippen molar-refractivity contribution in [3.63, 3.8) is 0 Å². The molecule has 0 N–H and O–H groups in total. The van der Waals surface area contributed by atoms with Crippen molar-refractivity contribution >= 4 is 27.0 Å². The molecule has 2 aromatic carbocycles. The number of carbonyl (C=O) groups excluding carboxylic acids is 1. The lowest BCUT2D eigenvalue weighted by Crippen LogP contribution is -2.25. The zero-order valence-electron chi connectivity index (χ0n) is 19.6. The number of benzene rings is 2. The van der Waals surface area contributed by atoms with Gasteiger partial charge in [0.2, 0.25) is 0 Å². The monoisotopic (exact) mass is 469 g/mol. The van der Waals surface area contributed by atoms with Gasteiger partial charge in [-0.05, 0) is 70.7 Å². The van der Waals surface area contributed by atoms with Crippen molar-refractivity contribution in [3.05, 3.63) is 71.4 Å². The first-order valence-electron chi connectivity index (χ1n) is 11.1. The summed E-state index contributed by atoms with van der Waals surface area (Å²) in [5, 5.41) is 0.886. The second-order valence-corrected chi connectivity index (χ2v) is 10.7. The summed E-state index contributed by atoms with van der Waals surface area (Å²) in [5.41, 5.74) is 2.40. The maximum absolute atomic E-state index is 12.9. The smallest absolute Gasteiger partial charge is 0.341 e. The fourth-order valence-electron chi connectivity index (χ4n) is 3.49. The summed E-state index contributed by atoms with van der Waals surface area (Å²) in [6.07, 6.45) is 4.47. The maximum Gasteiger partial charge on any atom is 0.341 e. The van der Waals surface area contributed by atoms with Crippen molar-refractivity contribution in [1.29, 1.82) is 0 Å². The number of pyridine rings is 1. The largest absolute Gasteiger partial charge is 0.456 e. The SMILES string of the molecule is Cc1ccc(S(=O)(=O)OCCCCCc2ccc3cccnc3c2C(=O)OC(C)(C)C)cc1. The van der Waals surface area contributed by atoms with E-state index in [-0.39, 0.29) is 17.5 Å². The Labute approximate surface area is 196 Å². The molecule has 3 aromatic rings. The molecule has 0 fully saturated rings. The van der Waals surface area contributed by atoms with Gasteiger partial charge in [0.15, 0.2) is 0 Å². The zero-order valence-corrected chi connectivity index (χ0v) is 20.4. The number of esters is 1. The third-order valence-corrected chi connectivity index (χ3v) is 6.43. The van der Waals surface area contributed by atoms with E-state index in [1.54, 1.807) is 30.5 Å². The number of carbonyl (C=O) groups is 1. The van der Waals surface area contributed by atoms with Crippen LogP contribution in [0, 0.1) is 6.92 Å². The van der Waals surface area contributed by atoms with Gasteiger partial charge in [0.05, 0.1) is 22.6 Å². The molecule has 0 spiro atoms. The average Bonchev–Trinajstić information content (AvgIpc) is 2.74. The van der Waals surface area contributed by atoms with Gasteiger partial charge in [0.1, 0.15) is 5.60 Å². The second kappa shape index (κ2) is 10.4. The van der Waals surface area contributed by atoms with Crippen molar-refractivity contribution in [3.8, 4) is 0 Å². The van der Waals surface area contributed by atoms with Crippen LogP contribution in [0.25, 0.3) is 10.9 Å². The summed E-state index contributed by atoms with van der Waals surface area (Å²) in [4.78, 5) is 17.5. The first kappa shape index (κ1) is 24.9. The lowest BCUT2D eigenvalue weighted by molar-refractivity contribution is 0.00703. The van der Waals surface area contributed by atoms with Crippen molar-refractivity contribution in [1.82, 2.24) is 4.98 Å². The summed E-state index contributed by atoms with van der Waals surface area (Å²) in [7, 11) is -3.75. The summed E-state index contributed by atoms with van der Waals surface area (Å²) in [6, 6.07) is 14.3. The van der Waals surface area contributed by atoms with Crippen LogP contribution in [0.2, 0.25) is 0 Å². The van der Waals surface area contributed by atoms with Crippen LogP contribution in [0.3, 0.4) is 0 Å². The van der Waals surface area contributed by atoms with Gasteiger partial charge in [-0.3, -0.25) is 9.17 Å². The molecule has 0 aliphatic rings. The minimum absolute atomic E-state index is 0.119. The van der Waals surface area contributed by atoms with E-state index in [1.807, 2.05) is 52.0 Å². The Kier molecular flexibility index (Phi) is 7.87. The highest BCUT2D eigenvalue weighted by atomic mass is 32.2. The molecule has 0 saturated carbocycles. The molecule has 1 heterocycles. The van der Waals surface area contributed by atoms with Crippen LogP contribution >= 0.6 is 0 Å². The fraction of sp³-hybridized carbons (Fsp3) is 0.385. The number of unbranched alkanes of at least 4 members (excludes halogenated alkanes) is 2. The third-order valence-electron chi connectivity index (χ3n) is 5.10. The molecule has 33 heavy (non-hydrogen) atoms. The Morgan fingerprint density at radius 2 is 1.70 bits per heavy atom. The van der Waals surface area contributed by atoms with Gasteiger partial charge in [-0.2, -0.15) is 8.42 Å². The van der Waals surface area contributed by atoms with Gasteiger partial charge in [0.25, 0.3) is 10.1 Å². The predicted molar refractivity (Wildman–Crippen MR) is 129 cm³/mol. The summed E-state index contributed by atoms with van der Waals surface area (Å²) >= 11 is 0. The quantitative estimate of drug-likeness (QED) is 0.230. The van der Waals surface area contributed by atoms with E-state index < -0.39 is 15.7 Å². The summed E-state index contributed by atoms with van der Waals surface area (Å²) in [6.45, 7) is 7.54. The number of rotatable bonds is 9. The molecule has 176 valence electrons. The topological polar surface area (TPSA) is 82.6 Å². The van der Waals surface area contributed by atoms with E-state index in [0.29, 0.717) is 23.9 Å². The number of ether oxygens (including phenoxy) is 1. The number of hydrogen-bond acceptors (Lipinski definition) is 6.